The Morgan fingerprint density at radius 1 is 1.06 bits per heavy atom. The van der Waals surface area contributed by atoms with Crippen LogP contribution in [0.25, 0.3) is 33.5 Å². The van der Waals surface area contributed by atoms with Crippen LogP contribution in [0.1, 0.15) is 81.1 Å². The summed E-state index contributed by atoms with van der Waals surface area (Å²) in [5, 5.41) is 10.3. The lowest BCUT2D eigenvalue weighted by Crippen LogP contribution is -2.60. The van der Waals surface area contributed by atoms with Gasteiger partial charge in [0.05, 0.1) is 34.5 Å². The van der Waals surface area contributed by atoms with E-state index in [9.17, 15) is 32.4 Å². The molecule has 1 aromatic carbocycles. The highest BCUT2D eigenvalue weighted by Gasteiger charge is 2.62. The quantitative estimate of drug-likeness (QED) is 0.0999. The third-order valence-electron chi connectivity index (χ3n) is 11.4. The number of benzene rings is 1. The van der Waals surface area contributed by atoms with E-state index in [-0.39, 0.29) is 42.5 Å². The Kier molecular flexibility index (Phi) is 12.8. The highest BCUT2D eigenvalue weighted by atomic mass is 79.9. The van der Waals surface area contributed by atoms with Gasteiger partial charge in [0.1, 0.15) is 51.9 Å². The molecule has 5 amide bonds. The molecule has 21 heteroatoms. The maximum absolute atomic E-state index is 14.9. The molecular formula is C44H54BrN7O11S2. The van der Waals surface area contributed by atoms with Crippen LogP contribution >= 0.6 is 27.3 Å². The minimum absolute atomic E-state index is 0.0866. The normalized spacial score (nSPS) is 21.5. The molecule has 4 N–H and O–H groups in total. The van der Waals surface area contributed by atoms with Crippen molar-refractivity contribution in [3.8, 4) is 22.9 Å². The van der Waals surface area contributed by atoms with Gasteiger partial charge in [-0.05, 0) is 73.5 Å². The molecule has 0 bridgehead atoms. The molecule has 3 aromatic heterocycles. The Labute approximate surface area is 389 Å². The number of halogens is 1. The van der Waals surface area contributed by atoms with E-state index in [0.717, 1.165) is 0 Å². The summed E-state index contributed by atoms with van der Waals surface area (Å²) in [4.78, 5) is 79.8. The Balaban J connectivity index is 1.27. The van der Waals surface area contributed by atoms with Crippen molar-refractivity contribution >= 4 is 94.2 Å². The molecule has 4 aromatic rings. The number of nitrogens with zero attached hydrogens (tertiary/aromatic N) is 3. The number of hydrogen-bond donors (Lipinski definition) is 4. The van der Waals surface area contributed by atoms with Crippen molar-refractivity contribution in [1.82, 2.24) is 30.2 Å². The van der Waals surface area contributed by atoms with Crippen molar-refractivity contribution in [2.24, 2.45) is 17.3 Å². The second kappa shape index (κ2) is 17.5. The lowest BCUT2D eigenvalue weighted by Gasteiger charge is -2.36. The summed E-state index contributed by atoms with van der Waals surface area (Å²) in [6, 6.07) is 2.60. The molecule has 0 spiro atoms. The Hall–Kier alpha value is -5.28. The smallest absolute Gasteiger partial charge is 0.408 e. The van der Waals surface area contributed by atoms with Gasteiger partial charge in [0.15, 0.2) is 16.5 Å². The van der Waals surface area contributed by atoms with E-state index >= 15 is 0 Å². The van der Waals surface area contributed by atoms with Crippen molar-refractivity contribution in [2.75, 3.05) is 19.0 Å². The predicted octanol–water partition coefficient (Wildman–Crippen LogP) is 6.43. The van der Waals surface area contributed by atoms with E-state index in [4.69, 9.17) is 23.6 Å². The van der Waals surface area contributed by atoms with E-state index in [1.54, 1.807) is 79.0 Å². The molecule has 5 atom stereocenters. The van der Waals surface area contributed by atoms with E-state index < -0.39 is 79.7 Å². The van der Waals surface area contributed by atoms with E-state index in [1.165, 1.54) is 29.4 Å². The summed E-state index contributed by atoms with van der Waals surface area (Å²) in [6.07, 6.45) is 0.570. The van der Waals surface area contributed by atoms with Crippen molar-refractivity contribution in [3.63, 3.8) is 0 Å². The molecule has 7 rings (SSSR count). The Morgan fingerprint density at radius 2 is 1.77 bits per heavy atom. The monoisotopic (exact) mass is 999 g/mol. The highest BCUT2D eigenvalue weighted by Crippen LogP contribution is 2.47. The molecule has 1 saturated heterocycles. The van der Waals surface area contributed by atoms with Crippen LogP contribution in [0.4, 0.5) is 9.93 Å². The third-order valence-corrected chi connectivity index (χ3v) is 14.7. The summed E-state index contributed by atoms with van der Waals surface area (Å²) in [6.45, 7) is 17.5. The molecule has 350 valence electrons. The number of ether oxygens (including phenoxy) is 3. The number of rotatable bonds is 14. The fourth-order valence-corrected chi connectivity index (χ4v) is 10.4. The summed E-state index contributed by atoms with van der Waals surface area (Å²) in [5.74, 6) is -2.62. The van der Waals surface area contributed by atoms with Crippen molar-refractivity contribution in [2.45, 2.75) is 116 Å². The number of hydrogen-bond acceptors (Lipinski definition) is 14. The standard InChI is InChI=1S/C44H54BrN7O11S2/c1-11-22-18-44(22,39(56)51-65(58,59)24-12-13-24)50-37(54)27-16-23(19-52(27)38(55)35(42(4,5)6)48-41(57)63-43(7,8)9)61-30-17-25(26-20-64-40(47-26)49-36(53)21(2)3)46-33-31-28(62-34(30)33)14-15-29(60-10)32(31)45/h11,14-15,17,20-24,27,35H,1,12-13,16,18-19H2,2-10H3,(H,48,57)(H,50,54)(H,51,56)(H,47,49,53). The van der Waals surface area contributed by atoms with E-state index in [0.29, 0.717) is 56.1 Å². The molecule has 5 unspecified atom stereocenters. The zero-order valence-electron chi connectivity index (χ0n) is 37.6. The molecule has 0 radical (unpaired) electrons. The average Bonchev–Trinajstić information content (AvgIpc) is 4.04. The molecule has 2 saturated carbocycles. The first-order valence-electron chi connectivity index (χ1n) is 21.2. The molecule has 3 fully saturated rings. The Bertz CT molecular complexity index is 2700. The van der Waals surface area contributed by atoms with Crippen LogP contribution in [0.3, 0.4) is 0 Å². The number of likely N-dealkylation sites (tertiary alicyclic amines) is 1. The Morgan fingerprint density at radius 3 is 2.37 bits per heavy atom. The third kappa shape index (κ3) is 9.96. The molecule has 1 aliphatic heterocycles. The first-order chi connectivity index (χ1) is 30.3. The number of furan rings is 1. The van der Waals surface area contributed by atoms with Crippen LogP contribution in [-0.2, 0) is 33.9 Å². The highest BCUT2D eigenvalue weighted by molar-refractivity contribution is 9.10. The number of anilines is 1. The second-order valence-corrected chi connectivity index (χ2v) is 22.6. The maximum atomic E-state index is 14.9. The number of pyridine rings is 1. The van der Waals surface area contributed by atoms with Crippen molar-refractivity contribution in [3.05, 3.63) is 40.7 Å². The number of nitrogens with one attached hydrogen (secondary N) is 4. The number of carbonyl (C=O) groups is 5. The van der Waals surface area contributed by atoms with E-state index in [1.807, 2.05) is 0 Å². The molecule has 18 nitrogen and oxygen atoms in total. The number of sulfonamides is 1. The van der Waals surface area contributed by atoms with Crippen molar-refractivity contribution in [1.29, 1.82) is 0 Å². The fraction of sp³-hybridized carbons (Fsp3) is 0.523. The van der Waals surface area contributed by atoms with Gasteiger partial charge in [-0.3, -0.25) is 23.9 Å². The van der Waals surface area contributed by atoms with Crippen LogP contribution in [-0.4, -0.2) is 101 Å². The molecule has 2 aliphatic carbocycles. The average molecular weight is 1000 g/mol. The number of aromatic nitrogens is 2. The van der Waals surface area contributed by atoms with Gasteiger partial charge in [-0.15, -0.1) is 17.9 Å². The van der Waals surface area contributed by atoms with Gasteiger partial charge in [0, 0.05) is 29.7 Å². The molecule has 3 aliphatic rings. The summed E-state index contributed by atoms with van der Waals surface area (Å²) in [7, 11) is -2.44. The van der Waals surface area contributed by atoms with Gasteiger partial charge in [-0.2, -0.15) is 0 Å². The van der Waals surface area contributed by atoms with Gasteiger partial charge in [-0.1, -0.05) is 40.7 Å². The van der Waals surface area contributed by atoms with Gasteiger partial charge in [-0.25, -0.2) is 23.2 Å². The van der Waals surface area contributed by atoms with E-state index in [2.05, 4.69) is 48.2 Å². The van der Waals surface area contributed by atoms with Crippen LogP contribution < -0.4 is 30.1 Å². The van der Waals surface area contributed by atoms with Gasteiger partial charge in [0.2, 0.25) is 27.7 Å². The van der Waals surface area contributed by atoms with Crippen LogP contribution in [0.5, 0.6) is 11.5 Å². The zero-order chi connectivity index (χ0) is 47.6. The number of fused-ring (bicyclic) bond motifs is 3. The molecular weight excluding hydrogens is 947 g/mol. The van der Waals surface area contributed by atoms with Gasteiger partial charge >= 0.3 is 6.09 Å². The van der Waals surface area contributed by atoms with Crippen molar-refractivity contribution < 1.29 is 51.0 Å². The summed E-state index contributed by atoms with van der Waals surface area (Å²) < 4.78 is 52.7. The number of carbonyl (C=O) groups excluding carboxylic acids is 5. The molecule has 65 heavy (non-hydrogen) atoms. The first-order valence-corrected chi connectivity index (χ1v) is 24.4. The lowest BCUT2D eigenvalue weighted by molar-refractivity contribution is -0.143. The topological polar surface area (TPSA) is 237 Å². The van der Waals surface area contributed by atoms with Crippen LogP contribution in [0, 0.1) is 17.3 Å². The first kappa shape index (κ1) is 47.7. The van der Waals surface area contributed by atoms with Gasteiger partial charge < -0.3 is 39.5 Å². The molecule has 4 heterocycles. The number of amides is 5. The lowest BCUT2D eigenvalue weighted by atomic mass is 9.85. The number of alkyl carbamates (subject to hydrolysis) is 1. The zero-order valence-corrected chi connectivity index (χ0v) is 40.8. The van der Waals surface area contributed by atoms with Gasteiger partial charge in [0.25, 0.3) is 5.91 Å². The summed E-state index contributed by atoms with van der Waals surface area (Å²) >= 11 is 4.86. The maximum Gasteiger partial charge on any atom is 0.408 e. The minimum atomic E-state index is -3.97. The summed E-state index contributed by atoms with van der Waals surface area (Å²) in [5.41, 5.74) is -1.57. The SMILES string of the molecule is C=CC1CC1(NC(=O)C1CC(Oc2cc(-c3csc(NC(=O)C(C)C)n3)nc3c2oc2ccc(OC)c(Br)c23)CN1C(=O)C(NC(=O)OC(C)(C)C)C(C)(C)C)C(=O)NS(=O)(=O)C1CC1. The number of methoxy groups -OCH3 is 1. The minimum Gasteiger partial charge on any atom is -0.496 e. The van der Waals surface area contributed by atoms with Crippen LogP contribution in [0.15, 0.2) is 45.1 Å². The fourth-order valence-electron chi connectivity index (χ4n) is 7.62. The van der Waals surface area contributed by atoms with Crippen LogP contribution in [0.2, 0.25) is 0 Å². The number of thiazole rings is 1. The second-order valence-electron chi connectivity index (χ2n) is 19.0. The largest absolute Gasteiger partial charge is 0.496 e. The predicted molar refractivity (Wildman–Crippen MR) is 247 cm³/mol.